The van der Waals surface area contributed by atoms with E-state index in [0.717, 1.165) is 12.8 Å². The molecule has 11 nitrogen and oxygen atoms in total. The van der Waals surface area contributed by atoms with Crippen molar-refractivity contribution in [1.29, 1.82) is 0 Å². The molecule has 4 atom stereocenters. The van der Waals surface area contributed by atoms with Crippen LogP contribution in [0.1, 0.15) is 57.5 Å². The number of aliphatic hydroxyl groups is 3. The van der Waals surface area contributed by atoms with E-state index in [0.29, 0.717) is 11.9 Å². The summed E-state index contributed by atoms with van der Waals surface area (Å²) in [5.41, 5.74) is 10.3. The van der Waals surface area contributed by atoms with Crippen molar-refractivity contribution in [3.05, 3.63) is 12.2 Å². The number of amides is 1. The van der Waals surface area contributed by atoms with Crippen LogP contribution < -0.4 is 11.5 Å². The van der Waals surface area contributed by atoms with E-state index >= 15 is 0 Å². The number of carbonyl (C=O) groups is 1. The van der Waals surface area contributed by atoms with Gasteiger partial charge in [0.15, 0.2) is 17.7 Å². The number of ether oxygens (including phenoxy) is 1. The van der Waals surface area contributed by atoms with Crippen molar-refractivity contribution in [3.63, 3.8) is 0 Å². The summed E-state index contributed by atoms with van der Waals surface area (Å²) in [5.74, 6) is 5.71. The standard InChI is InChI=1S/C20H28N6O5/c1-2-3-4-5-8-13-24-17(22)14-18(25-13)26(11-23-14)19-15(29)16(30)20(10-27,31-19)9-6-7-12(21)28/h11,15-16,19,27,29-30H,2-4,6-7,9-10H2,1H3,(H2,21,28)(H2,22,24,25)/t15?,16?,19-,20+/m1/s1. The first kappa shape index (κ1) is 22.9. The summed E-state index contributed by atoms with van der Waals surface area (Å²) < 4.78 is 7.37. The lowest BCUT2D eigenvalue weighted by Crippen LogP contribution is -2.46. The van der Waals surface area contributed by atoms with Crippen LogP contribution in [0.4, 0.5) is 5.82 Å². The molecule has 0 saturated carbocycles. The Labute approximate surface area is 179 Å². The molecule has 1 aliphatic rings. The minimum absolute atomic E-state index is 0.0659. The van der Waals surface area contributed by atoms with Crippen molar-refractivity contribution in [2.24, 2.45) is 5.73 Å². The van der Waals surface area contributed by atoms with E-state index in [-0.39, 0.29) is 36.6 Å². The predicted molar refractivity (Wildman–Crippen MR) is 111 cm³/mol. The van der Waals surface area contributed by atoms with E-state index in [9.17, 15) is 20.1 Å². The van der Waals surface area contributed by atoms with Gasteiger partial charge in [0.1, 0.15) is 23.3 Å². The third-order valence-corrected chi connectivity index (χ3v) is 5.38. The van der Waals surface area contributed by atoms with Crippen LogP contribution in [0.5, 0.6) is 0 Å². The number of unbranched alkanes of at least 4 members (excludes halogenated alkanes) is 2. The second-order valence-corrected chi connectivity index (χ2v) is 7.65. The highest BCUT2D eigenvalue weighted by Crippen LogP contribution is 2.41. The third kappa shape index (κ3) is 4.62. The Morgan fingerprint density at radius 3 is 2.81 bits per heavy atom. The molecule has 0 spiro atoms. The van der Waals surface area contributed by atoms with Gasteiger partial charge in [0, 0.05) is 12.8 Å². The van der Waals surface area contributed by atoms with Gasteiger partial charge in [-0.05, 0) is 25.2 Å². The summed E-state index contributed by atoms with van der Waals surface area (Å²) in [6, 6.07) is 0. The molecule has 2 aromatic heterocycles. The zero-order valence-corrected chi connectivity index (χ0v) is 17.4. The zero-order valence-electron chi connectivity index (χ0n) is 17.4. The number of carbonyl (C=O) groups excluding carboxylic acids is 1. The van der Waals surface area contributed by atoms with Crippen LogP contribution in [-0.4, -0.2) is 65.2 Å². The van der Waals surface area contributed by atoms with Gasteiger partial charge < -0.3 is 31.5 Å². The fourth-order valence-electron chi connectivity index (χ4n) is 3.63. The zero-order chi connectivity index (χ0) is 22.6. The summed E-state index contributed by atoms with van der Waals surface area (Å²) in [6.07, 6.45) is 0.666. The summed E-state index contributed by atoms with van der Waals surface area (Å²) >= 11 is 0. The molecule has 0 radical (unpaired) electrons. The summed E-state index contributed by atoms with van der Waals surface area (Å²) in [5, 5.41) is 31.2. The highest BCUT2D eigenvalue weighted by atomic mass is 16.6. The number of hydrogen-bond acceptors (Lipinski definition) is 9. The number of nitrogens with two attached hydrogens (primary N) is 2. The Kier molecular flexibility index (Phi) is 7.07. The fraction of sp³-hybridized carbons (Fsp3) is 0.600. The Morgan fingerprint density at radius 1 is 1.35 bits per heavy atom. The van der Waals surface area contributed by atoms with Crippen LogP contribution in [0.2, 0.25) is 0 Å². The van der Waals surface area contributed by atoms with Crippen LogP contribution in [0.15, 0.2) is 6.33 Å². The lowest BCUT2D eigenvalue weighted by atomic mass is 9.90. The van der Waals surface area contributed by atoms with Crippen molar-refractivity contribution in [3.8, 4) is 11.8 Å². The molecule has 1 aliphatic heterocycles. The minimum atomic E-state index is -1.46. The van der Waals surface area contributed by atoms with E-state index < -0.39 is 36.6 Å². The highest BCUT2D eigenvalue weighted by Gasteiger charge is 2.54. The fourth-order valence-corrected chi connectivity index (χ4v) is 3.63. The number of nitrogen functional groups attached to an aromatic ring is 1. The normalized spacial score (nSPS) is 25.5. The maximum atomic E-state index is 11.0. The molecule has 1 fully saturated rings. The van der Waals surface area contributed by atoms with Crippen LogP contribution in [0, 0.1) is 11.8 Å². The van der Waals surface area contributed by atoms with Gasteiger partial charge in [0.05, 0.1) is 12.9 Å². The van der Waals surface area contributed by atoms with Crippen molar-refractivity contribution >= 4 is 22.9 Å². The number of imidazole rings is 1. The Bertz CT molecular complexity index is 999. The van der Waals surface area contributed by atoms with Crippen molar-refractivity contribution in [2.45, 2.75) is 69.5 Å². The van der Waals surface area contributed by atoms with E-state index in [4.69, 9.17) is 16.2 Å². The first-order valence-electron chi connectivity index (χ1n) is 10.2. The molecule has 1 amide bonds. The smallest absolute Gasteiger partial charge is 0.217 e. The quantitative estimate of drug-likeness (QED) is 0.273. The van der Waals surface area contributed by atoms with E-state index in [1.54, 1.807) is 0 Å². The van der Waals surface area contributed by atoms with E-state index in [1.165, 1.54) is 10.9 Å². The third-order valence-electron chi connectivity index (χ3n) is 5.38. The van der Waals surface area contributed by atoms with Gasteiger partial charge in [-0.15, -0.1) is 0 Å². The molecule has 0 aliphatic carbocycles. The monoisotopic (exact) mass is 432 g/mol. The lowest BCUT2D eigenvalue weighted by Gasteiger charge is -2.29. The molecule has 11 heteroatoms. The van der Waals surface area contributed by atoms with Gasteiger partial charge in [-0.3, -0.25) is 9.36 Å². The number of aliphatic hydroxyl groups excluding tert-OH is 3. The number of hydrogen-bond donors (Lipinski definition) is 5. The van der Waals surface area contributed by atoms with Crippen LogP contribution in [0.3, 0.4) is 0 Å². The molecule has 1 saturated heterocycles. The maximum Gasteiger partial charge on any atom is 0.217 e. The molecule has 3 rings (SSSR count). The number of aromatic nitrogens is 4. The van der Waals surface area contributed by atoms with Crippen LogP contribution >= 0.6 is 0 Å². The molecular weight excluding hydrogens is 404 g/mol. The first-order chi connectivity index (χ1) is 14.8. The van der Waals surface area contributed by atoms with E-state index in [1.807, 2.05) is 0 Å². The Balaban J connectivity index is 1.92. The largest absolute Gasteiger partial charge is 0.393 e. The predicted octanol–water partition coefficient (Wildman–Crippen LogP) is -0.412. The first-order valence-corrected chi connectivity index (χ1v) is 10.2. The molecule has 0 bridgehead atoms. The average molecular weight is 432 g/mol. The highest BCUT2D eigenvalue weighted by molar-refractivity contribution is 5.82. The average Bonchev–Trinajstić information content (AvgIpc) is 3.26. The summed E-state index contributed by atoms with van der Waals surface area (Å²) in [4.78, 5) is 23.8. The van der Waals surface area contributed by atoms with Gasteiger partial charge in [-0.1, -0.05) is 19.3 Å². The lowest BCUT2D eigenvalue weighted by molar-refractivity contribution is -0.133. The SMILES string of the molecule is CCCCC#Cc1nc(N)c2ncn([C@@H]3O[C@](CO)(CCCC(N)=O)C(O)C3O)c2n1. The van der Waals surface area contributed by atoms with Crippen molar-refractivity contribution in [1.82, 2.24) is 19.5 Å². The molecular formula is C20H28N6O5. The topological polar surface area (TPSA) is 183 Å². The maximum absolute atomic E-state index is 11.0. The number of rotatable bonds is 8. The van der Waals surface area contributed by atoms with E-state index in [2.05, 4.69) is 33.7 Å². The summed E-state index contributed by atoms with van der Waals surface area (Å²) in [6.45, 7) is 1.51. The Morgan fingerprint density at radius 2 is 2.13 bits per heavy atom. The summed E-state index contributed by atoms with van der Waals surface area (Å²) in [7, 11) is 0. The van der Waals surface area contributed by atoms with Gasteiger partial charge in [-0.25, -0.2) is 15.0 Å². The van der Waals surface area contributed by atoms with Crippen molar-refractivity contribution in [2.75, 3.05) is 12.3 Å². The molecule has 2 aromatic rings. The number of nitrogens with zero attached hydrogens (tertiary/aromatic N) is 4. The molecule has 2 unspecified atom stereocenters. The van der Waals surface area contributed by atoms with Gasteiger partial charge in [0.2, 0.25) is 11.7 Å². The second-order valence-electron chi connectivity index (χ2n) is 7.65. The molecule has 7 N–H and O–H groups in total. The molecule has 31 heavy (non-hydrogen) atoms. The van der Waals surface area contributed by atoms with Gasteiger partial charge in [0.25, 0.3) is 0 Å². The minimum Gasteiger partial charge on any atom is -0.393 e. The Hall–Kier alpha value is -2.78. The molecule has 3 heterocycles. The van der Waals surface area contributed by atoms with Crippen LogP contribution in [-0.2, 0) is 9.53 Å². The van der Waals surface area contributed by atoms with Gasteiger partial charge >= 0.3 is 0 Å². The number of fused-ring (bicyclic) bond motifs is 1. The number of primary amides is 1. The number of anilines is 1. The van der Waals surface area contributed by atoms with Crippen molar-refractivity contribution < 1.29 is 24.9 Å². The van der Waals surface area contributed by atoms with Crippen LogP contribution in [0.25, 0.3) is 11.2 Å². The second kappa shape index (κ2) is 9.57. The molecule has 168 valence electrons. The molecule has 0 aromatic carbocycles. The van der Waals surface area contributed by atoms with Gasteiger partial charge in [-0.2, -0.15) is 0 Å².